The number of morpholine rings is 1. The average Bonchev–Trinajstić information content (AvgIpc) is 2.74. The lowest BCUT2D eigenvalue weighted by atomic mass is 10.2. The van der Waals surface area contributed by atoms with Crippen LogP contribution in [0.3, 0.4) is 0 Å². The Labute approximate surface area is 181 Å². The van der Waals surface area contributed by atoms with Crippen LogP contribution in [0, 0.1) is 0 Å². The van der Waals surface area contributed by atoms with E-state index in [0.717, 1.165) is 13.1 Å². The van der Waals surface area contributed by atoms with Crippen molar-refractivity contribution in [2.24, 2.45) is 0 Å². The number of carbonyl (C=O) groups is 2. The normalized spacial score (nSPS) is 18.4. The summed E-state index contributed by atoms with van der Waals surface area (Å²) >= 11 is 5.94. The van der Waals surface area contributed by atoms with Crippen molar-refractivity contribution in [2.45, 2.75) is 11.3 Å². The molecular weight excluding hydrogens is 432 g/mol. The highest BCUT2D eigenvalue weighted by Gasteiger charge is 2.26. The predicted molar refractivity (Wildman–Crippen MR) is 112 cm³/mol. The molecule has 2 aliphatic rings. The molecule has 1 aromatic rings. The van der Waals surface area contributed by atoms with Crippen LogP contribution in [0.25, 0.3) is 0 Å². The second kappa shape index (κ2) is 10.5. The van der Waals surface area contributed by atoms with Crippen molar-refractivity contribution in [2.75, 3.05) is 65.6 Å². The molecule has 0 radical (unpaired) electrons. The van der Waals surface area contributed by atoms with Crippen LogP contribution in [0.5, 0.6) is 0 Å². The summed E-state index contributed by atoms with van der Waals surface area (Å²) in [6.07, 6.45) is 0.0470. The van der Waals surface area contributed by atoms with Crippen LogP contribution in [0.4, 0.5) is 0 Å². The molecule has 2 saturated heterocycles. The summed E-state index contributed by atoms with van der Waals surface area (Å²) in [7, 11) is -3.77. The smallest absolute Gasteiger partial charge is 0.242 e. The van der Waals surface area contributed by atoms with Gasteiger partial charge in [0.05, 0.1) is 24.8 Å². The third kappa shape index (κ3) is 6.14. The van der Waals surface area contributed by atoms with Gasteiger partial charge in [-0.2, -0.15) is 0 Å². The molecule has 0 aliphatic carbocycles. The van der Waals surface area contributed by atoms with Crippen molar-refractivity contribution in [1.82, 2.24) is 19.4 Å². The van der Waals surface area contributed by atoms with Crippen LogP contribution in [0.2, 0.25) is 5.02 Å². The number of amides is 2. The zero-order valence-electron chi connectivity index (χ0n) is 16.8. The van der Waals surface area contributed by atoms with Crippen molar-refractivity contribution in [3.8, 4) is 0 Å². The third-order valence-corrected chi connectivity index (χ3v) is 7.17. The molecule has 2 heterocycles. The van der Waals surface area contributed by atoms with Gasteiger partial charge in [-0.1, -0.05) is 23.7 Å². The minimum Gasteiger partial charge on any atom is -0.379 e. The molecule has 0 bridgehead atoms. The van der Waals surface area contributed by atoms with Gasteiger partial charge in [0.2, 0.25) is 21.8 Å². The molecule has 2 fully saturated rings. The number of nitrogens with zero attached hydrogens (tertiary/aromatic N) is 3. The number of ether oxygens (including phenoxy) is 1. The number of carbonyl (C=O) groups excluding carboxylic acids is 2. The number of hydrogen-bond donors (Lipinski definition) is 1. The topological polar surface area (TPSA) is 99.3 Å². The molecule has 166 valence electrons. The zero-order valence-corrected chi connectivity index (χ0v) is 18.3. The third-order valence-electron chi connectivity index (χ3n) is 5.20. The number of piperazine rings is 1. The van der Waals surface area contributed by atoms with E-state index in [1.54, 1.807) is 21.9 Å². The molecule has 1 N–H and O–H groups in total. The van der Waals surface area contributed by atoms with E-state index in [2.05, 4.69) is 9.62 Å². The number of hydrogen-bond acceptors (Lipinski definition) is 6. The minimum atomic E-state index is -3.77. The van der Waals surface area contributed by atoms with Crippen LogP contribution in [-0.2, 0) is 24.3 Å². The van der Waals surface area contributed by atoms with Gasteiger partial charge in [-0.25, -0.2) is 13.1 Å². The summed E-state index contributed by atoms with van der Waals surface area (Å²) in [5.41, 5.74) is 0. The maximum atomic E-state index is 12.4. The van der Waals surface area contributed by atoms with Gasteiger partial charge in [-0.15, -0.1) is 0 Å². The monoisotopic (exact) mass is 458 g/mol. The van der Waals surface area contributed by atoms with Crippen LogP contribution in [0.1, 0.15) is 6.42 Å². The predicted octanol–water partition coefficient (Wildman–Crippen LogP) is 0.0114. The van der Waals surface area contributed by atoms with Crippen LogP contribution < -0.4 is 4.72 Å². The van der Waals surface area contributed by atoms with Gasteiger partial charge in [-0.3, -0.25) is 14.5 Å². The molecule has 0 aromatic heterocycles. The van der Waals surface area contributed by atoms with Crippen LogP contribution >= 0.6 is 11.6 Å². The van der Waals surface area contributed by atoms with Gasteiger partial charge in [0, 0.05) is 52.2 Å². The maximum Gasteiger partial charge on any atom is 0.242 e. The summed E-state index contributed by atoms with van der Waals surface area (Å²) in [5, 5.41) is 0.134. The quantitative estimate of drug-likeness (QED) is 0.618. The van der Waals surface area contributed by atoms with E-state index in [1.165, 1.54) is 12.1 Å². The van der Waals surface area contributed by atoms with E-state index in [4.69, 9.17) is 16.3 Å². The van der Waals surface area contributed by atoms with Crippen molar-refractivity contribution in [3.63, 3.8) is 0 Å². The summed E-state index contributed by atoms with van der Waals surface area (Å²) in [5.74, 6) is -0.0753. The first-order valence-corrected chi connectivity index (χ1v) is 11.8. The highest BCUT2D eigenvalue weighted by atomic mass is 35.5. The average molecular weight is 459 g/mol. The molecule has 0 spiro atoms. The summed E-state index contributed by atoms with van der Waals surface area (Å²) in [4.78, 5) is 30.4. The standard InChI is InChI=1S/C19H27ClN4O5S/c20-16-3-1-2-4-17(16)30(27,28)21-6-5-18(25)23-7-9-24(10-8-23)19(26)15-22-11-13-29-14-12-22/h1-4,21H,5-15H2. The van der Waals surface area contributed by atoms with Gasteiger partial charge in [0.25, 0.3) is 0 Å². The van der Waals surface area contributed by atoms with Crippen LogP contribution in [-0.4, -0.2) is 101 Å². The van der Waals surface area contributed by atoms with E-state index >= 15 is 0 Å². The van der Waals surface area contributed by atoms with E-state index in [1.807, 2.05) is 0 Å². The first-order chi connectivity index (χ1) is 14.4. The molecule has 30 heavy (non-hydrogen) atoms. The Bertz CT molecular complexity index is 852. The Morgan fingerprint density at radius 2 is 1.57 bits per heavy atom. The summed E-state index contributed by atoms with van der Waals surface area (Å²) < 4.78 is 32.3. The minimum absolute atomic E-state index is 0.00786. The Kier molecular flexibility index (Phi) is 8.06. The SMILES string of the molecule is O=C(CCNS(=O)(=O)c1ccccc1Cl)N1CCN(C(=O)CN2CCOCC2)CC1. The number of rotatable bonds is 7. The lowest BCUT2D eigenvalue weighted by Gasteiger charge is -2.36. The van der Waals surface area contributed by atoms with E-state index < -0.39 is 10.0 Å². The fourth-order valence-electron chi connectivity index (χ4n) is 3.45. The number of benzene rings is 1. The fraction of sp³-hybridized carbons (Fsp3) is 0.579. The number of sulfonamides is 1. The van der Waals surface area contributed by atoms with Gasteiger partial charge >= 0.3 is 0 Å². The highest BCUT2D eigenvalue weighted by Crippen LogP contribution is 2.20. The molecule has 0 unspecified atom stereocenters. The number of halogens is 1. The zero-order chi connectivity index (χ0) is 21.6. The Balaban J connectivity index is 1.40. The fourth-order valence-corrected chi connectivity index (χ4v) is 5.00. The summed E-state index contributed by atoms with van der Waals surface area (Å²) in [6, 6.07) is 6.16. The Morgan fingerprint density at radius 3 is 2.20 bits per heavy atom. The lowest BCUT2D eigenvalue weighted by molar-refractivity contribution is -0.140. The molecule has 2 aliphatic heterocycles. The van der Waals surface area contributed by atoms with Crippen molar-refractivity contribution in [1.29, 1.82) is 0 Å². The van der Waals surface area contributed by atoms with Gasteiger partial charge in [-0.05, 0) is 12.1 Å². The first-order valence-electron chi connectivity index (χ1n) is 9.96. The van der Waals surface area contributed by atoms with E-state index in [-0.39, 0.29) is 34.7 Å². The molecule has 3 rings (SSSR count). The second-order valence-corrected chi connectivity index (χ2v) is 9.37. The molecule has 9 nitrogen and oxygen atoms in total. The molecule has 2 amide bonds. The van der Waals surface area contributed by atoms with Crippen molar-refractivity contribution < 1.29 is 22.7 Å². The van der Waals surface area contributed by atoms with Crippen LogP contribution in [0.15, 0.2) is 29.2 Å². The highest BCUT2D eigenvalue weighted by molar-refractivity contribution is 7.89. The maximum absolute atomic E-state index is 12.4. The second-order valence-electron chi connectivity index (χ2n) is 7.23. The van der Waals surface area contributed by atoms with Crippen molar-refractivity contribution >= 4 is 33.4 Å². The summed E-state index contributed by atoms with van der Waals surface area (Å²) in [6.45, 7) is 5.05. The molecule has 0 atom stereocenters. The van der Waals surface area contributed by atoms with Crippen molar-refractivity contribution in [3.05, 3.63) is 29.3 Å². The molecule has 1 aromatic carbocycles. The van der Waals surface area contributed by atoms with E-state index in [0.29, 0.717) is 45.9 Å². The number of nitrogens with one attached hydrogen (secondary N) is 1. The lowest BCUT2D eigenvalue weighted by Crippen LogP contribution is -2.53. The molecule has 11 heteroatoms. The van der Waals surface area contributed by atoms with Gasteiger partial charge < -0.3 is 14.5 Å². The molecular formula is C19H27ClN4O5S. The Morgan fingerprint density at radius 1 is 0.967 bits per heavy atom. The van der Waals surface area contributed by atoms with Gasteiger partial charge in [0.15, 0.2) is 0 Å². The Hall–Kier alpha value is -1.72. The van der Waals surface area contributed by atoms with E-state index in [9.17, 15) is 18.0 Å². The molecule has 0 saturated carbocycles. The largest absolute Gasteiger partial charge is 0.379 e. The first kappa shape index (κ1) is 23.0. The van der Waals surface area contributed by atoms with Gasteiger partial charge in [0.1, 0.15) is 4.90 Å².